The van der Waals surface area contributed by atoms with Crippen molar-refractivity contribution >= 4 is 17.5 Å². The predicted octanol–water partition coefficient (Wildman–Crippen LogP) is 1.21. The summed E-state index contributed by atoms with van der Waals surface area (Å²) in [5, 5.41) is 9.89. The maximum Gasteiger partial charge on any atom is 0.257 e. The molecular weight excluding hydrogens is 294 g/mol. The van der Waals surface area contributed by atoms with Crippen LogP contribution in [0, 0.1) is 5.92 Å². The van der Waals surface area contributed by atoms with Gasteiger partial charge in [-0.3, -0.25) is 20.4 Å². The number of benzene rings is 1. The minimum Gasteiger partial charge on any atom is -0.391 e. The van der Waals surface area contributed by atoms with Gasteiger partial charge in [0.2, 0.25) is 5.91 Å². The lowest BCUT2D eigenvalue weighted by atomic mass is 9.85. The SMILES string of the molecule is CCC(O)CN(CC(=O)NNC(=O)C1CCC1)c1ccccc1. The maximum absolute atomic E-state index is 12.1. The number of para-hydroxylation sites is 1. The Kier molecular flexibility index (Phi) is 6.40. The summed E-state index contributed by atoms with van der Waals surface area (Å²) in [5.74, 6) is -0.392. The van der Waals surface area contributed by atoms with Crippen LogP contribution in [0.1, 0.15) is 32.6 Å². The summed E-state index contributed by atoms with van der Waals surface area (Å²) in [6.45, 7) is 2.34. The number of anilines is 1. The summed E-state index contributed by atoms with van der Waals surface area (Å²) in [6, 6.07) is 9.45. The van der Waals surface area contributed by atoms with Crippen LogP contribution in [-0.2, 0) is 9.59 Å². The zero-order chi connectivity index (χ0) is 16.7. The van der Waals surface area contributed by atoms with E-state index in [4.69, 9.17) is 0 Å². The Morgan fingerprint density at radius 3 is 2.52 bits per heavy atom. The Hall–Kier alpha value is -2.08. The molecule has 2 amide bonds. The fourth-order valence-corrected chi connectivity index (χ4v) is 2.40. The molecule has 0 saturated heterocycles. The molecule has 0 aromatic heterocycles. The molecule has 0 bridgehead atoms. The molecule has 1 saturated carbocycles. The standard InChI is InChI=1S/C17H25N3O3/c1-2-15(21)11-20(14-9-4-3-5-10-14)12-16(22)18-19-17(23)13-7-6-8-13/h3-5,9-10,13,15,21H,2,6-8,11-12H2,1H3,(H,18,22)(H,19,23). The fourth-order valence-electron chi connectivity index (χ4n) is 2.40. The Bertz CT molecular complexity index is 517. The molecule has 1 fully saturated rings. The molecule has 0 heterocycles. The quantitative estimate of drug-likeness (QED) is 0.660. The van der Waals surface area contributed by atoms with Crippen LogP contribution < -0.4 is 15.8 Å². The lowest BCUT2D eigenvalue weighted by Crippen LogP contribution is -2.50. The maximum atomic E-state index is 12.1. The highest BCUT2D eigenvalue weighted by Crippen LogP contribution is 2.25. The minimum atomic E-state index is -0.507. The molecule has 1 aromatic carbocycles. The summed E-state index contributed by atoms with van der Waals surface area (Å²) in [4.78, 5) is 25.6. The highest BCUT2D eigenvalue weighted by Gasteiger charge is 2.25. The number of hydrogen-bond acceptors (Lipinski definition) is 4. The molecule has 1 aliphatic carbocycles. The molecule has 0 radical (unpaired) electrons. The second-order valence-corrected chi connectivity index (χ2v) is 5.94. The van der Waals surface area contributed by atoms with Crippen LogP contribution in [0.25, 0.3) is 0 Å². The summed E-state index contributed by atoms with van der Waals surface area (Å²) >= 11 is 0. The zero-order valence-corrected chi connectivity index (χ0v) is 13.5. The van der Waals surface area contributed by atoms with E-state index in [9.17, 15) is 14.7 Å². The molecule has 2 rings (SSSR count). The van der Waals surface area contributed by atoms with Gasteiger partial charge in [0.25, 0.3) is 5.91 Å². The number of carbonyl (C=O) groups excluding carboxylic acids is 2. The normalized spacial score (nSPS) is 15.4. The van der Waals surface area contributed by atoms with E-state index >= 15 is 0 Å². The number of aliphatic hydroxyl groups excluding tert-OH is 1. The van der Waals surface area contributed by atoms with Gasteiger partial charge in [0.1, 0.15) is 0 Å². The van der Waals surface area contributed by atoms with Crippen molar-refractivity contribution in [3.63, 3.8) is 0 Å². The van der Waals surface area contributed by atoms with Gasteiger partial charge in [0, 0.05) is 18.2 Å². The van der Waals surface area contributed by atoms with Crippen molar-refractivity contribution in [1.82, 2.24) is 10.9 Å². The topological polar surface area (TPSA) is 81.7 Å². The van der Waals surface area contributed by atoms with Gasteiger partial charge in [-0.05, 0) is 31.4 Å². The van der Waals surface area contributed by atoms with Crippen LogP contribution in [-0.4, -0.2) is 36.1 Å². The number of amides is 2. The van der Waals surface area contributed by atoms with Crippen LogP contribution in [0.15, 0.2) is 30.3 Å². The molecule has 6 nitrogen and oxygen atoms in total. The van der Waals surface area contributed by atoms with E-state index in [1.807, 2.05) is 37.3 Å². The molecule has 3 N–H and O–H groups in total. The summed E-state index contributed by atoms with van der Waals surface area (Å²) in [5.41, 5.74) is 5.80. The Balaban J connectivity index is 1.88. The Morgan fingerprint density at radius 1 is 1.26 bits per heavy atom. The molecule has 1 atom stereocenters. The van der Waals surface area contributed by atoms with Crippen molar-refractivity contribution in [2.45, 2.75) is 38.7 Å². The number of nitrogens with one attached hydrogen (secondary N) is 2. The molecule has 126 valence electrons. The van der Waals surface area contributed by atoms with Crippen LogP contribution >= 0.6 is 0 Å². The predicted molar refractivity (Wildman–Crippen MR) is 88.6 cm³/mol. The number of carbonyl (C=O) groups is 2. The first kappa shape index (κ1) is 17.3. The molecule has 23 heavy (non-hydrogen) atoms. The second kappa shape index (κ2) is 8.53. The minimum absolute atomic E-state index is 0.0300. The molecule has 1 unspecified atom stereocenters. The summed E-state index contributed by atoms with van der Waals surface area (Å²) in [7, 11) is 0. The largest absolute Gasteiger partial charge is 0.391 e. The average Bonchev–Trinajstić information content (AvgIpc) is 2.51. The fraction of sp³-hybridized carbons (Fsp3) is 0.529. The molecule has 6 heteroatoms. The first-order chi connectivity index (χ1) is 11.1. The zero-order valence-electron chi connectivity index (χ0n) is 13.5. The Labute approximate surface area is 136 Å². The van der Waals surface area contributed by atoms with Crippen molar-refractivity contribution in [3.05, 3.63) is 30.3 Å². The molecule has 0 spiro atoms. The van der Waals surface area contributed by atoms with E-state index in [1.54, 1.807) is 4.90 Å². The first-order valence-corrected chi connectivity index (χ1v) is 8.17. The smallest absolute Gasteiger partial charge is 0.257 e. The lowest BCUT2D eigenvalue weighted by Gasteiger charge is -2.27. The Morgan fingerprint density at radius 2 is 1.96 bits per heavy atom. The number of nitrogens with zero attached hydrogens (tertiary/aromatic N) is 1. The van der Waals surface area contributed by atoms with Gasteiger partial charge in [-0.15, -0.1) is 0 Å². The number of hydrogen-bond donors (Lipinski definition) is 3. The molecular formula is C17H25N3O3. The van der Waals surface area contributed by atoms with E-state index in [0.717, 1.165) is 24.9 Å². The van der Waals surface area contributed by atoms with Gasteiger partial charge in [-0.25, -0.2) is 0 Å². The van der Waals surface area contributed by atoms with Crippen molar-refractivity contribution in [2.24, 2.45) is 5.92 Å². The third kappa shape index (κ3) is 5.25. The highest BCUT2D eigenvalue weighted by molar-refractivity contribution is 5.86. The number of aliphatic hydroxyl groups is 1. The van der Waals surface area contributed by atoms with Gasteiger partial charge in [0.05, 0.1) is 12.6 Å². The van der Waals surface area contributed by atoms with Gasteiger partial charge < -0.3 is 10.0 Å². The number of hydrazine groups is 1. The van der Waals surface area contributed by atoms with Gasteiger partial charge in [-0.1, -0.05) is 31.5 Å². The van der Waals surface area contributed by atoms with E-state index in [0.29, 0.717) is 13.0 Å². The van der Waals surface area contributed by atoms with Crippen molar-refractivity contribution in [3.8, 4) is 0 Å². The second-order valence-electron chi connectivity index (χ2n) is 5.94. The van der Waals surface area contributed by atoms with Gasteiger partial charge in [0.15, 0.2) is 0 Å². The van der Waals surface area contributed by atoms with Crippen LogP contribution in [0.3, 0.4) is 0 Å². The third-order valence-corrected chi connectivity index (χ3v) is 4.16. The van der Waals surface area contributed by atoms with Crippen LogP contribution in [0.4, 0.5) is 5.69 Å². The average molecular weight is 319 g/mol. The van der Waals surface area contributed by atoms with E-state index in [1.165, 1.54) is 0 Å². The van der Waals surface area contributed by atoms with Gasteiger partial charge >= 0.3 is 0 Å². The van der Waals surface area contributed by atoms with E-state index in [-0.39, 0.29) is 24.3 Å². The molecule has 1 aliphatic rings. The summed E-state index contributed by atoms with van der Waals surface area (Å²) in [6.07, 6.45) is 2.96. The molecule has 1 aromatic rings. The lowest BCUT2D eigenvalue weighted by molar-refractivity contribution is -0.132. The van der Waals surface area contributed by atoms with Crippen molar-refractivity contribution in [1.29, 1.82) is 0 Å². The summed E-state index contributed by atoms with van der Waals surface area (Å²) < 4.78 is 0. The first-order valence-electron chi connectivity index (χ1n) is 8.17. The van der Waals surface area contributed by atoms with Crippen LogP contribution in [0.2, 0.25) is 0 Å². The van der Waals surface area contributed by atoms with E-state index in [2.05, 4.69) is 10.9 Å². The highest BCUT2D eigenvalue weighted by atomic mass is 16.3. The van der Waals surface area contributed by atoms with Crippen molar-refractivity contribution < 1.29 is 14.7 Å². The third-order valence-electron chi connectivity index (χ3n) is 4.16. The number of rotatable bonds is 7. The van der Waals surface area contributed by atoms with Gasteiger partial charge in [-0.2, -0.15) is 0 Å². The monoisotopic (exact) mass is 319 g/mol. The van der Waals surface area contributed by atoms with Crippen molar-refractivity contribution in [2.75, 3.05) is 18.0 Å². The van der Waals surface area contributed by atoms with E-state index < -0.39 is 6.10 Å². The van der Waals surface area contributed by atoms with Crippen LogP contribution in [0.5, 0.6) is 0 Å². The molecule has 0 aliphatic heterocycles.